The summed E-state index contributed by atoms with van der Waals surface area (Å²) in [5.41, 5.74) is 2.25. The third-order valence-corrected chi connectivity index (χ3v) is 5.80. The highest BCUT2D eigenvalue weighted by Gasteiger charge is 2.24. The smallest absolute Gasteiger partial charge is 0.254 e. The molecule has 0 spiro atoms. The summed E-state index contributed by atoms with van der Waals surface area (Å²) in [5.74, 6) is -1.46. The van der Waals surface area contributed by atoms with Gasteiger partial charge in [-0.1, -0.05) is 36.4 Å². The van der Waals surface area contributed by atoms with Crippen LogP contribution in [-0.2, 0) is 6.54 Å². The Morgan fingerprint density at radius 1 is 0.818 bits per heavy atom. The van der Waals surface area contributed by atoms with E-state index < -0.39 is 11.7 Å². The second-order valence-corrected chi connectivity index (χ2v) is 8.04. The summed E-state index contributed by atoms with van der Waals surface area (Å²) in [6, 6.07) is 19.3. The quantitative estimate of drug-likeness (QED) is 0.590. The topological polar surface area (TPSA) is 61.4 Å². The highest BCUT2D eigenvalue weighted by Crippen LogP contribution is 2.25. The second-order valence-electron chi connectivity index (χ2n) is 8.04. The summed E-state index contributed by atoms with van der Waals surface area (Å²) < 4.78 is 26.9. The molecule has 170 valence electrons. The number of hydrogen-bond donors (Lipinski definition) is 2. The molecule has 5 nitrogen and oxygen atoms in total. The van der Waals surface area contributed by atoms with Crippen molar-refractivity contribution < 1.29 is 18.4 Å². The average molecular weight is 450 g/mol. The van der Waals surface area contributed by atoms with Crippen molar-refractivity contribution >= 4 is 17.5 Å². The molecular formula is C26H25F2N3O2. The Balaban J connectivity index is 1.35. The highest BCUT2D eigenvalue weighted by atomic mass is 19.1. The van der Waals surface area contributed by atoms with Crippen LogP contribution in [0.3, 0.4) is 0 Å². The minimum Gasteiger partial charge on any atom is -0.371 e. The number of anilines is 1. The minimum atomic E-state index is -0.534. The van der Waals surface area contributed by atoms with E-state index in [1.165, 1.54) is 24.3 Å². The third kappa shape index (κ3) is 5.55. The van der Waals surface area contributed by atoms with Crippen molar-refractivity contribution in [3.63, 3.8) is 0 Å². The molecule has 1 aliphatic rings. The van der Waals surface area contributed by atoms with Crippen LogP contribution in [0, 0.1) is 11.6 Å². The molecule has 0 aliphatic carbocycles. The number of nitrogens with zero attached hydrogens (tertiary/aromatic N) is 1. The molecule has 0 aromatic heterocycles. The van der Waals surface area contributed by atoms with Crippen LogP contribution < -0.4 is 15.5 Å². The lowest BCUT2D eigenvalue weighted by atomic mass is 10.0. The van der Waals surface area contributed by atoms with Crippen molar-refractivity contribution in [2.24, 2.45) is 0 Å². The van der Waals surface area contributed by atoms with Crippen molar-refractivity contribution in [2.75, 3.05) is 18.0 Å². The molecule has 2 N–H and O–H groups in total. The predicted octanol–water partition coefficient (Wildman–Crippen LogP) is 4.29. The number of benzene rings is 3. The van der Waals surface area contributed by atoms with Gasteiger partial charge in [0, 0.05) is 31.4 Å². The van der Waals surface area contributed by atoms with Crippen LogP contribution in [0.4, 0.5) is 14.5 Å². The van der Waals surface area contributed by atoms with Gasteiger partial charge in [-0.2, -0.15) is 0 Å². The minimum absolute atomic E-state index is 0.0445. The fourth-order valence-corrected chi connectivity index (χ4v) is 3.99. The lowest BCUT2D eigenvalue weighted by Crippen LogP contribution is -2.45. The van der Waals surface area contributed by atoms with E-state index >= 15 is 0 Å². The summed E-state index contributed by atoms with van der Waals surface area (Å²) in [5, 5.41) is 5.81. The lowest BCUT2D eigenvalue weighted by molar-refractivity contribution is 0.0925. The number of carbonyl (C=O) groups is 2. The Labute approximate surface area is 191 Å². The maximum absolute atomic E-state index is 13.9. The standard InChI is InChI=1S/C26H25F2N3O2/c27-19-11-9-18(10-12-19)17-29-25(32)22-6-2-4-8-24(22)31-15-13-20(14-16-31)30-26(33)21-5-1-3-7-23(21)28/h1-12,20H,13-17H2,(H,29,32)(H,30,33). The van der Waals surface area contributed by atoms with E-state index in [0.717, 1.165) is 11.3 Å². The van der Waals surface area contributed by atoms with Crippen molar-refractivity contribution in [3.05, 3.63) is 101 Å². The van der Waals surface area contributed by atoms with Crippen molar-refractivity contribution in [2.45, 2.75) is 25.4 Å². The molecule has 1 aliphatic heterocycles. The van der Waals surface area contributed by atoms with Crippen LogP contribution in [0.5, 0.6) is 0 Å². The first kappa shape index (κ1) is 22.5. The number of amides is 2. The monoisotopic (exact) mass is 449 g/mol. The summed E-state index contributed by atoms with van der Waals surface area (Å²) in [7, 11) is 0. The zero-order chi connectivity index (χ0) is 23.2. The molecule has 7 heteroatoms. The number of rotatable bonds is 6. The highest BCUT2D eigenvalue weighted by molar-refractivity contribution is 5.99. The van der Waals surface area contributed by atoms with E-state index in [4.69, 9.17) is 0 Å². The zero-order valence-electron chi connectivity index (χ0n) is 18.1. The molecule has 3 aromatic rings. The van der Waals surface area contributed by atoms with E-state index in [2.05, 4.69) is 15.5 Å². The Hall–Kier alpha value is -3.74. The number of carbonyl (C=O) groups excluding carboxylic acids is 2. The predicted molar refractivity (Wildman–Crippen MR) is 123 cm³/mol. The van der Waals surface area contributed by atoms with Gasteiger partial charge in [-0.05, 0) is 54.8 Å². The molecule has 0 radical (unpaired) electrons. The lowest BCUT2D eigenvalue weighted by Gasteiger charge is -2.35. The van der Waals surface area contributed by atoms with Crippen molar-refractivity contribution in [3.8, 4) is 0 Å². The van der Waals surface area contributed by atoms with Gasteiger partial charge in [-0.3, -0.25) is 9.59 Å². The Bertz CT molecular complexity index is 1130. The van der Waals surface area contributed by atoms with E-state index in [0.29, 0.717) is 38.0 Å². The molecule has 1 fully saturated rings. The molecule has 33 heavy (non-hydrogen) atoms. The molecule has 0 unspecified atom stereocenters. The van der Waals surface area contributed by atoms with Crippen molar-refractivity contribution in [1.29, 1.82) is 0 Å². The molecule has 1 heterocycles. The Kier molecular flexibility index (Phi) is 6.98. The van der Waals surface area contributed by atoms with Gasteiger partial charge in [0.1, 0.15) is 11.6 Å². The summed E-state index contributed by atoms with van der Waals surface area (Å²) >= 11 is 0. The summed E-state index contributed by atoms with van der Waals surface area (Å²) in [6.07, 6.45) is 1.37. The first-order chi connectivity index (χ1) is 16.0. The van der Waals surface area contributed by atoms with E-state index in [-0.39, 0.29) is 23.3 Å². The fourth-order valence-electron chi connectivity index (χ4n) is 3.99. The summed E-state index contributed by atoms with van der Waals surface area (Å²) in [4.78, 5) is 27.4. The van der Waals surface area contributed by atoms with Gasteiger partial charge in [0.25, 0.3) is 11.8 Å². The molecule has 0 atom stereocenters. The number of halogens is 2. The van der Waals surface area contributed by atoms with Gasteiger partial charge in [0.2, 0.25) is 0 Å². The molecule has 2 amide bonds. The Morgan fingerprint density at radius 2 is 1.45 bits per heavy atom. The molecular weight excluding hydrogens is 424 g/mol. The van der Waals surface area contributed by atoms with Crippen LogP contribution in [0.25, 0.3) is 0 Å². The van der Waals surface area contributed by atoms with Gasteiger partial charge in [0.15, 0.2) is 0 Å². The largest absolute Gasteiger partial charge is 0.371 e. The van der Waals surface area contributed by atoms with E-state index in [1.807, 2.05) is 18.2 Å². The summed E-state index contributed by atoms with van der Waals surface area (Å²) in [6.45, 7) is 1.62. The van der Waals surface area contributed by atoms with Crippen LogP contribution >= 0.6 is 0 Å². The number of piperidine rings is 1. The Morgan fingerprint density at radius 3 is 2.15 bits per heavy atom. The van der Waals surface area contributed by atoms with Gasteiger partial charge in [-0.15, -0.1) is 0 Å². The molecule has 3 aromatic carbocycles. The number of nitrogens with one attached hydrogen (secondary N) is 2. The van der Waals surface area contributed by atoms with Crippen LogP contribution in [0.2, 0.25) is 0 Å². The van der Waals surface area contributed by atoms with Gasteiger partial charge >= 0.3 is 0 Å². The first-order valence-electron chi connectivity index (χ1n) is 10.9. The number of hydrogen-bond acceptors (Lipinski definition) is 3. The zero-order valence-corrected chi connectivity index (χ0v) is 18.1. The van der Waals surface area contributed by atoms with Crippen LogP contribution in [0.1, 0.15) is 39.1 Å². The maximum atomic E-state index is 13.9. The van der Waals surface area contributed by atoms with Gasteiger partial charge in [0.05, 0.1) is 11.1 Å². The normalized spacial score (nSPS) is 14.1. The molecule has 1 saturated heterocycles. The number of para-hydroxylation sites is 1. The second kappa shape index (κ2) is 10.3. The molecule has 4 rings (SSSR count). The van der Waals surface area contributed by atoms with Gasteiger partial charge < -0.3 is 15.5 Å². The first-order valence-corrected chi connectivity index (χ1v) is 10.9. The molecule has 0 bridgehead atoms. The van der Waals surface area contributed by atoms with Gasteiger partial charge in [-0.25, -0.2) is 8.78 Å². The average Bonchev–Trinajstić information content (AvgIpc) is 2.84. The van der Waals surface area contributed by atoms with E-state index in [9.17, 15) is 18.4 Å². The van der Waals surface area contributed by atoms with Crippen LogP contribution in [-0.4, -0.2) is 30.9 Å². The fraction of sp³-hybridized carbons (Fsp3) is 0.231. The van der Waals surface area contributed by atoms with Crippen LogP contribution in [0.15, 0.2) is 72.8 Å². The third-order valence-electron chi connectivity index (χ3n) is 5.80. The maximum Gasteiger partial charge on any atom is 0.254 e. The van der Waals surface area contributed by atoms with E-state index in [1.54, 1.807) is 30.3 Å². The SMILES string of the molecule is O=C(NC1CCN(c2ccccc2C(=O)NCc2ccc(F)cc2)CC1)c1ccccc1F. The molecule has 0 saturated carbocycles. The van der Waals surface area contributed by atoms with Crippen molar-refractivity contribution in [1.82, 2.24) is 10.6 Å².